The number of methoxy groups -OCH3 is 1. The molecule has 0 amide bonds. The van der Waals surface area contributed by atoms with E-state index in [4.69, 9.17) is 10.5 Å². The van der Waals surface area contributed by atoms with Crippen LogP contribution in [0.25, 0.3) is 0 Å². The second-order valence-electron chi connectivity index (χ2n) is 5.46. The summed E-state index contributed by atoms with van der Waals surface area (Å²) in [5.74, 6) is 6.09. The third-order valence-electron chi connectivity index (χ3n) is 3.25. The minimum atomic E-state index is -0.393. The van der Waals surface area contributed by atoms with E-state index in [0.717, 1.165) is 25.3 Å². The lowest BCUT2D eigenvalue weighted by Gasteiger charge is -2.18. The summed E-state index contributed by atoms with van der Waals surface area (Å²) in [6.45, 7) is 8.80. The molecule has 1 rings (SSSR count). The predicted octanol–water partition coefficient (Wildman–Crippen LogP) is 3.08. The summed E-state index contributed by atoms with van der Waals surface area (Å²) in [6.07, 6.45) is 3.97. The number of benzene rings is 1. The van der Waals surface area contributed by atoms with Crippen molar-refractivity contribution in [1.29, 1.82) is 0 Å². The number of nitrogens with two attached hydrogens (primary N) is 1. The zero-order valence-electron chi connectivity index (χ0n) is 13.5. The Morgan fingerprint density at radius 2 is 2.14 bits per heavy atom. The van der Waals surface area contributed by atoms with Crippen LogP contribution in [0.1, 0.15) is 26.3 Å². The number of ether oxygens (including phenoxy) is 1. The van der Waals surface area contributed by atoms with Crippen molar-refractivity contribution >= 4 is 5.69 Å². The fraction of sp³-hybridized carbons (Fsp3) is 0.444. The van der Waals surface area contributed by atoms with E-state index in [1.165, 1.54) is 5.56 Å². The second-order valence-corrected chi connectivity index (χ2v) is 5.46. The molecule has 2 N–H and O–H groups in total. The van der Waals surface area contributed by atoms with Gasteiger partial charge in [-0.15, -0.1) is 0 Å². The minimum absolute atomic E-state index is 0.393. The maximum absolute atomic E-state index is 5.81. The van der Waals surface area contributed by atoms with E-state index < -0.39 is 5.60 Å². The molecule has 0 aliphatic rings. The van der Waals surface area contributed by atoms with E-state index in [1.807, 2.05) is 38.1 Å². The summed E-state index contributed by atoms with van der Waals surface area (Å²) in [4.78, 5) is 2.33. The topological polar surface area (TPSA) is 38.5 Å². The van der Waals surface area contributed by atoms with Gasteiger partial charge in [0.15, 0.2) is 0 Å². The summed E-state index contributed by atoms with van der Waals surface area (Å²) in [5, 5.41) is 0. The van der Waals surface area contributed by atoms with Gasteiger partial charge in [-0.3, -0.25) is 4.90 Å². The van der Waals surface area contributed by atoms with Crippen LogP contribution in [-0.4, -0.2) is 30.7 Å². The minimum Gasteiger partial charge on any atom is -0.399 e. The van der Waals surface area contributed by atoms with Crippen LogP contribution in [0.2, 0.25) is 0 Å². The molecule has 0 radical (unpaired) electrons. The van der Waals surface area contributed by atoms with Crippen LogP contribution in [-0.2, 0) is 11.3 Å². The highest BCUT2D eigenvalue weighted by atomic mass is 16.5. The molecule has 0 aromatic heterocycles. The van der Waals surface area contributed by atoms with Crippen molar-refractivity contribution in [1.82, 2.24) is 4.90 Å². The Morgan fingerprint density at radius 1 is 1.38 bits per heavy atom. The Morgan fingerprint density at radius 3 is 2.76 bits per heavy atom. The van der Waals surface area contributed by atoms with Gasteiger partial charge in [-0.1, -0.05) is 37.0 Å². The van der Waals surface area contributed by atoms with E-state index in [9.17, 15) is 0 Å². The van der Waals surface area contributed by atoms with E-state index in [0.29, 0.717) is 0 Å². The van der Waals surface area contributed by atoms with E-state index in [1.54, 1.807) is 7.11 Å². The lowest BCUT2D eigenvalue weighted by molar-refractivity contribution is 0.0742. The monoisotopic (exact) mass is 286 g/mol. The van der Waals surface area contributed by atoms with Crippen LogP contribution in [0.3, 0.4) is 0 Å². The Hall–Kier alpha value is -1.76. The lowest BCUT2D eigenvalue weighted by atomic mass is 10.1. The van der Waals surface area contributed by atoms with Crippen LogP contribution in [0.15, 0.2) is 36.4 Å². The van der Waals surface area contributed by atoms with Crippen molar-refractivity contribution in [2.45, 2.75) is 32.9 Å². The Balaban J connectivity index is 2.51. The van der Waals surface area contributed by atoms with Gasteiger partial charge in [-0.05, 0) is 44.2 Å². The molecule has 0 aliphatic carbocycles. The zero-order chi connectivity index (χ0) is 15.7. The summed E-state index contributed by atoms with van der Waals surface area (Å²) in [5.41, 5.74) is 7.46. The highest BCUT2D eigenvalue weighted by Crippen LogP contribution is 2.09. The maximum atomic E-state index is 5.81. The molecular formula is C18H26N2O. The number of anilines is 1. The van der Waals surface area contributed by atoms with Gasteiger partial charge in [0.25, 0.3) is 0 Å². The average molecular weight is 286 g/mol. The van der Waals surface area contributed by atoms with Crippen LogP contribution >= 0.6 is 0 Å². The summed E-state index contributed by atoms with van der Waals surface area (Å²) >= 11 is 0. The smallest absolute Gasteiger partial charge is 0.123 e. The molecule has 3 heteroatoms. The van der Waals surface area contributed by atoms with Crippen molar-refractivity contribution in [3.8, 4) is 11.8 Å². The molecule has 0 unspecified atom stereocenters. The normalized spacial score (nSPS) is 11.7. The first-order valence-corrected chi connectivity index (χ1v) is 7.26. The van der Waals surface area contributed by atoms with Crippen molar-refractivity contribution in [2.75, 3.05) is 25.9 Å². The number of rotatable bonds is 6. The molecule has 0 heterocycles. The third-order valence-corrected chi connectivity index (χ3v) is 3.25. The first-order valence-electron chi connectivity index (χ1n) is 7.26. The number of hydrogen-bond donors (Lipinski definition) is 1. The van der Waals surface area contributed by atoms with Crippen LogP contribution in [0.4, 0.5) is 5.69 Å². The number of allylic oxidation sites excluding steroid dienone is 1. The quantitative estimate of drug-likeness (QED) is 0.645. The average Bonchev–Trinajstić information content (AvgIpc) is 2.45. The van der Waals surface area contributed by atoms with Gasteiger partial charge in [-0.2, -0.15) is 0 Å². The van der Waals surface area contributed by atoms with E-state index in [-0.39, 0.29) is 0 Å². The number of nitrogen functional groups attached to an aromatic ring is 1. The summed E-state index contributed by atoms with van der Waals surface area (Å²) in [7, 11) is 1.67. The highest BCUT2D eigenvalue weighted by molar-refractivity contribution is 5.40. The van der Waals surface area contributed by atoms with Gasteiger partial charge in [0, 0.05) is 25.9 Å². The third kappa shape index (κ3) is 6.99. The zero-order valence-corrected chi connectivity index (χ0v) is 13.5. The van der Waals surface area contributed by atoms with Crippen LogP contribution < -0.4 is 5.73 Å². The van der Waals surface area contributed by atoms with Crippen molar-refractivity contribution in [2.24, 2.45) is 0 Å². The van der Waals surface area contributed by atoms with Crippen LogP contribution in [0.5, 0.6) is 0 Å². The van der Waals surface area contributed by atoms with Crippen molar-refractivity contribution < 1.29 is 4.74 Å². The molecule has 0 bridgehead atoms. The van der Waals surface area contributed by atoms with Gasteiger partial charge in [-0.25, -0.2) is 0 Å². The first-order chi connectivity index (χ1) is 9.96. The molecule has 114 valence electrons. The molecule has 3 nitrogen and oxygen atoms in total. The lowest BCUT2D eigenvalue weighted by Crippen LogP contribution is -2.22. The molecule has 0 spiro atoms. The van der Waals surface area contributed by atoms with E-state index >= 15 is 0 Å². The molecule has 1 aromatic carbocycles. The van der Waals surface area contributed by atoms with Crippen molar-refractivity contribution in [3.63, 3.8) is 0 Å². The number of hydrogen-bond acceptors (Lipinski definition) is 3. The fourth-order valence-corrected chi connectivity index (χ4v) is 1.78. The number of nitrogens with zero attached hydrogens (tertiary/aromatic N) is 1. The first kappa shape index (κ1) is 17.3. The molecular weight excluding hydrogens is 260 g/mol. The summed E-state index contributed by atoms with van der Waals surface area (Å²) < 4.78 is 5.25. The maximum Gasteiger partial charge on any atom is 0.123 e. The number of likely N-dealkylation sites (N-methyl/N-ethyl adjacent to an activating group) is 1. The Bertz CT molecular complexity index is 524. The Labute approximate surface area is 128 Å². The fourth-order valence-electron chi connectivity index (χ4n) is 1.78. The van der Waals surface area contributed by atoms with E-state index in [2.05, 4.69) is 35.8 Å². The van der Waals surface area contributed by atoms with Gasteiger partial charge in [0.2, 0.25) is 0 Å². The highest BCUT2D eigenvalue weighted by Gasteiger charge is 2.10. The molecule has 0 atom stereocenters. The molecule has 1 aromatic rings. The van der Waals surface area contributed by atoms with Gasteiger partial charge in [0.05, 0.1) is 0 Å². The molecule has 21 heavy (non-hydrogen) atoms. The molecule has 0 aliphatic heterocycles. The van der Waals surface area contributed by atoms with Gasteiger partial charge >= 0.3 is 0 Å². The second kappa shape index (κ2) is 8.51. The van der Waals surface area contributed by atoms with Gasteiger partial charge < -0.3 is 10.5 Å². The standard InChI is InChI=1S/C18H26N2O/c1-5-20(15-16-10-9-11-17(19)14-16)13-8-6-7-12-18(2,3)21-4/h6,8-11,14H,5,13,15,19H2,1-4H3. The molecule has 0 saturated heterocycles. The largest absolute Gasteiger partial charge is 0.399 e. The van der Waals surface area contributed by atoms with Crippen molar-refractivity contribution in [3.05, 3.63) is 42.0 Å². The predicted molar refractivity (Wildman–Crippen MR) is 89.8 cm³/mol. The summed E-state index contributed by atoms with van der Waals surface area (Å²) in [6, 6.07) is 8.02. The molecule has 0 saturated carbocycles. The van der Waals surface area contributed by atoms with Gasteiger partial charge in [0.1, 0.15) is 5.60 Å². The molecule has 0 fully saturated rings. The Kier molecular flexibility index (Phi) is 7.01. The SMILES string of the molecule is CCN(CC=CC#CC(C)(C)OC)Cc1cccc(N)c1. The van der Waals surface area contributed by atoms with Crippen LogP contribution in [0, 0.1) is 11.8 Å².